The van der Waals surface area contributed by atoms with Crippen LogP contribution in [0.1, 0.15) is 27.7 Å². The predicted octanol–water partition coefficient (Wildman–Crippen LogP) is 4.03. The smallest absolute Gasteiger partial charge is 0.305 e. The molecule has 0 aliphatic carbocycles. The van der Waals surface area contributed by atoms with Crippen molar-refractivity contribution in [3.63, 3.8) is 0 Å². The van der Waals surface area contributed by atoms with Crippen LogP contribution in [0.2, 0.25) is 0 Å². The summed E-state index contributed by atoms with van der Waals surface area (Å²) >= 11 is 7.67. The van der Waals surface area contributed by atoms with E-state index in [-0.39, 0.29) is 21.8 Å². The number of hydrogen-bond donors (Lipinski definition) is 0. The van der Waals surface area contributed by atoms with Crippen molar-refractivity contribution in [2.24, 2.45) is 0 Å². The number of rotatable bonds is 6. The molecule has 0 aromatic rings. The maximum atomic E-state index is 12.2. The number of alkyl halides is 2. The molecule has 0 bridgehead atoms. The molecule has 3 nitrogen and oxygen atoms in total. The van der Waals surface area contributed by atoms with E-state index < -0.39 is 7.60 Å². The van der Waals surface area contributed by atoms with E-state index in [1.807, 2.05) is 50.3 Å². The first kappa shape index (κ1) is 15.2. The van der Waals surface area contributed by atoms with E-state index in [0.29, 0.717) is 0 Å². The van der Waals surface area contributed by atoms with Crippen LogP contribution < -0.4 is 0 Å². The second-order valence-corrected chi connectivity index (χ2v) is 8.36. The first-order valence-corrected chi connectivity index (χ1v) is 7.87. The zero-order chi connectivity index (χ0) is 11.4. The van der Waals surface area contributed by atoms with Crippen LogP contribution in [0.5, 0.6) is 0 Å². The molecule has 0 saturated heterocycles. The highest BCUT2D eigenvalue weighted by Crippen LogP contribution is 2.57. The van der Waals surface area contributed by atoms with Crippen LogP contribution in [0.15, 0.2) is 0 Å². The van der Waals surface area contributed by atoms with Gasteiger partial charge in [-0.15, -0.1) is 11.6 Å². The van der Waals surface area contributed by atoms with E-state index in [0.717, 1.165) is 0 Å². The molecule has 0 amide bonds. The Kier molecular flexibility index (Phi) is 7.25. The zero-order valence-electron chi connectivity index (χ0n) is 8.87. The number of hydrogen-bond acceptors (Lipinski definition) is 3. The summed E-state index contributed by atoms with van der Waals surface area (Å²) in [5, 5.41) is 0. The molecule has 0 rings (SSSR count). The summed E-state index contributed by atoms with van der Waals surface area (Å²) < 4.78 is 22.6. The molecule has 86 valence electrons. The Morgan fingerprint density at radius 2 is 1.57 bits per heavy atom. The summed E-state index contributed by atoms with van der Waals surface area (Å²) in [6, 6.07) is 0. The topological polar surface area (TPSA) is 35.5 Å². The van der Waals surface area contributed by atoms with Gasteiger partial charge in [0.15, 0.2) is 0 Å². The highest BCUT2D eigenvalue weighted by Gasteiger charge is 2.35. The van der Waals surface area contributed by atoms with E-state index in [2.05, 4.69) is 0 Å². The van der Waals surface area contributed by atoms with Gasteiger partial charge in [0.1, 0.15) is 3.67 Å². The second-order valence-electron chi connectivity index (χ2n) is 3.44. The lowest BCUT2D eigenvalue weighted by Crippen LogP contribution is -2.15. The lowest BCUT2D eigenvalue weighted by molar-refractivity contribution is 0.142. The van der Waals surface area contributed by atoms with Crippen LogP contribution in [-0.2, 0) is 13.6 Å². The van der Waals surface area contributed by atoms with Crippen LogP contribution in [0.4, 0.5) is 0 Å². The molecule has 0 heterocycles. The third-order valence-corrected chi connectivity index (χ3v) is 7.02. The van der Waals surface area contributed by atoms with E-state index in [4.69, 9.17) is 20.6 Å². The Bertz CT molecular complexity index is 197. The SMILES string of the molecule is CC(C)OP(=O)(OC(C)C)C(I)CCl. The van der Waals surface area contributed by atoms with Gasteiger partial charge >= 0.3 is 7.60 Å². The number of halogens is 2. The fourth-order valence-corrected chi connectivity index (χ4v) is 3.78. The molecule has 0 saturated carbocycles. The van der Waals surface area contributed by atoms with Gasteiger partial charge in [0.2, 0.25) is 0 Å². The van der Waals surface area contributed by atoms with Crippen molar-refractivity contribution in [1.82, 2.24) is 0 Å². The second kappa shape index (κ2) is 6.69. The van der Waals surface area contributed by atoms with Gasteiger partial charge in [-0.1, -0.05) is 22.6 Å². The maximum absolute atomic E-state index is 12.2. The van der Waals surface area contributed by atoms with Crippen LogP contribution in [0, 0.1) is 0 Å². The molecule has 6 heteroatoms. The highest BCUT2D eigenvalue weighted by molar-refractivity contribution is 14.1. The van der Waals surface area contributed by atoms with Gasteiger partial charge in [0.05, 0.1) is 12.2 Å². The van der Waals surface area contributed by atoms with Crippen molar-refractivity contribution < 1.29 is 13.6 Å². The quantitative estimate of drug-likeness (QED) is 0.410. The van der Waals surface area contributed by atoms with Crippen LogP contribution in [0.3, 0.4) is 0 Å². The minimum absolute atomic E-state index is 0.125. The lowest BCUT2D eigenvalue weighted by atomic mass is 10.5. The Morgan fingerprint density at radius 3 is 1.79 bits per heavy atom. The van der Waals surface area contributed by atoms with Crippen molar-refractivity contribution in [3.8, 4) is 0 Å². The Balaban J connectivity index is 4.58. The minimum atomic E-state index is -3.07. The zero-order valence-corrected chi connectivity index (χ0v) is 12.7. The summed E-state index contributed by atoms with van der Waals surface area (Å²) in [6.45, 7) is 7.31. The Hall–Kier alpha value is 1.17. The van der Waals surface area contributed by atoms with Gasteiger partial charge in [-0.05, 0) is 27.7 Å². The Labute approximate surface area is 105 Å². The van der Waals surface area contributed by atoms with Gasteiger partial charge in [0, 0.05) is 5.88 Å². The third-order valence-electron chi connectivity index (χ3n) is 1.19. The monoisotopic (exact) mass is 354 g/mol. The maximum Gasteiger partial charge on any atom is 0.345 e. The van der Waals surface area contributed by atoms with Crippen LogP contribution in [-0.4, -0.2) is 21.8 Å². The van der Waals surface area contributed by atoms with E-state index in [9.17, 15) is 4.57 Å². The average molecular weight is 355 g/mol. The molecule has 0 aliphatic heterocycles. The molecule has 14 heavy (non-hydrogen) atoms. The fourth-order valence-electron chi connectivity index (χ4n) is 0.829. The molecule has 0 N–H and O–H groups in total. The first-order valence-electron chi connectivity index (χ1n) is 4.48. The van der Waals surface area contributed by atoms with Gasteiger partial charge < -0.3 is 9.05 Å². The first-order chi connectivity index (χ1) is 6.31. The molecule has 1 unspecified atom stereocenters. The summed E-state index contributed by atoms with van der Waals surface area (Å²) in [5.41, 5.74) is 0. The summed E-state index contributed by atoms with van der Waals surface area (Å²) in [5.74, 6) is 0.261. The van der Waals surface area contributed by atoms with Crippen molar-refractivity contribution in [1.29, 1.82) is 0 Å². The predicted molar refractivity (Wildman–Crippen MR) is 68.6 cm³/mol. The molecule has 0 radical (unpaired) electrons. The van der Waals surface area contributed by atoms with Gasteiger partial charge in [-0.2, -0.15) is 0 Å². The molecule has 0 aromatic carbocycles. The van der Waals surface area contributed by atoms with Gasteiger partial charge in [-0.3, -0.25) is 4.57 Å². The normalized spacial score (nSPS) is 15.1. The van der Waals surface area contributed by atoms with Crippen LogP contribution >= 0.6 is 41.8 Å². The highest BCUT2D eigenvalue weighted by atomic mass is 127. The van der Waals surface area contributed by atoms with Crippen molar-refractivity contribution in [2.45, 2.75) is 43.6 Å². The molecular formula is C8H17ClIO3P. The largest absolute Gasteiger partial charge is 0.345 e. The van der Waals surface area contributed by atoms with E-state index in [1.165, 1.54) is 0 Å². The molecule has 0 fully saturated rings. The molecule has 1 atom stereocenters. The van der Waals surface area contributed by atoms with E-state index in [1.54, 1.807) is 0 Å². The van der Waals surface area contributed by atoms with Crippen molar-refractivity contribution in [3.05, 3.63) is 0 Å². The van der Waals surface area contributed by atoms with Crippen molar-refractivity contribution >= 4 is 41.8 Å². The summed E-state index contributed by atoms with van der Waals surface area (Å²) in [4.78, 5) is 0. The van der Waals surface area contributed by atoms with Gasteiger partial charge in [-0.25, -0.2) is 0 Å². The molecule has 0 aliphatic rings. The minimum Gasteiger partial charge on any atom is -0.305 e. The molecular weight excluding hydrogens is 337 g/mol. The summed E-state index contributed by atoms with van der Waals surface area (Å²) in [6.07, 6.45) is -0.250. The average Bonchev–Trinajstić information content (AvgIpc) is 1.99. The fraction of sp³-hybridized carbons (Fsp3) is 1.00. The lowest BCUT2D eigenvalue weighted by Gasteiger charge is -2.25. The van der Waals surface area contributed by atoms with E-state index >= 15 is 0 Å². The Morgan fingerprint density at radius 1 is 1.21 bits per heavy atom. The molecule has 0 aromatic heterocycles. The summed E-state index contributed by atoms with van der Waals surface area (Å²) in [7, 11) is -3.07. The third kappa shape index (κ3) is 5.31. The van der Waals surface area contributed by atoms with Crippen molar-refractivity contribution in [2.75, 3.05) is 5.88 Å². The van der Waals surface area contributed by atoms with Crippen LogP contribution in [0.25, 0.3) is 0 Å². The molecule has 0 spiro atoms. The standard InChI is InChI=1S/C8H17ClIO3P/c1-6(2)12-14(11,8(10)5-9)13-7(3)4/h6-8H,5H2,1-4H3. The van der Waals surface area contributed by atoms with Gasteiger partial charge in [0.25, 0.3) is 0 Å².